The molecule has 0 amide bonds. The van der Waals surface area contributed by atoms with E-state index in [1.165, 1.54) is 11.1 Å². The highest BCUT2D eigenvalue weighted by Gasteiger charge is 2.30. The highest BCUT2D eigenvalue weighted by molar-refractivity contribution is 5.42. The van der Waals surface area contributed by atoms with Crippen molar-refractivity contribution in [1.82, 2.24) is 14.9 Å². The number of imidazole rings is 1. The summed E-state index contributed by atoms with van der Waals surface area (Å²) in [5.41, 5.74) is 3.56. The molecule has 0 spiro atoms. The molecule has 0 fully saturated rings. The molecule has 28 heavy (non-hydrogen) atoms. The van der Waals surface area contributed by atoms with Gasteiger partial charge in [-0.25, -0.2) is 4.98 Å². The second kappa shape index (κ2) is 7.32. The fourth-order valence-electron chi connectivity index (χ4n) is 3.80. The van der Waals surface area contributed by atoms with E-state index >= 15 is 0 Å². The zero-order valence-electron chi connectivity index (χ0n) is 16.9. The van der Waals surface area contributed by atoms with Crippen LogP contribution in [0.4, 0.5) is 0 Å². The molecular formula is C23H27N3O2. The maximum Gasteiger partial charge on any atom is 0.130 e. The predicted molar refractivity (Wildman–Crippen MR) is 110 cm³/mol. The quantitative estimate of drug-likeness (QED) is 0.705. The summed E-state index contributed by atoms with van der Waals surface area (Å²) in [6, 6.07) is 14.6. The summed E-state index contributed by atoms with van der Waals surface area (Å²) in [6.45, 7) is 5.01. The first-order valence-corrected chi connectivity index (χ1v) is 9.60. The molecule has 1 aliphatic heterocycles. The summed E-state index contributed by atoms with van der Waals surface area (Å²) >= 11 is 0. The van der Waals surface area contributed by atoms with Crippen molar-refractivity contribution in [2.45, 2.75) is 38.5 Å². The highest BCUT2D eigenvalue weighted by atomic mass is 16.5. The number of ether oxygens (including phenoxy) is 2. The van der Waals surface area contributed by atoms with Crippen LogP contribution in [0.2, 0.25) is 0 Å². The molecule has 3 aromatic rings. The van der Waals surface area contributed by atoms with Crippen LogP contribution < -0.4 is 14.8 Å². The van der Waals surface area contributed by atoms with Gasteiger partial charge in [0.25, 0.3) is 0 Å². The fraction of sp³-hybridized carbons (Fsp3) is 0.348. The molecule has 5 heteroatoms. The summed E-state index contributed by atoms with van der Waals surface area (Å²) in [6.07, 6.45) is 4.75. The Kier molecular flexibility index (Phi) is 4.85. The molecular weight excluding hydrogens is 350 g/mol. The van der Waals surface area contributed by atoms with E-state index in [1.54, 1.807) is 7.11 Å². The van der Waals surface area contributed by atoms with Crippen molar-refractivity contribution in [3.8, 4) is 11.5 Å². The van der Waals surface area contributed by atoms with Crippen LogP contribution in [0, 0.1) is 0 Å². The van der Waals surface area contributed by atoms with Gasteiger partial charge in [-0.2, -0.15) is 0 Å². The number of hydrogen-bond acceptors (Lipinski definition) is 4. The lowest BCUT2D eigenvalue weighted by Gasteiger charge is -2.20. The third kappa shape index (κ3) is 3.76. The van der Waals surface area contributed by atoms with E-state index in [0.717, 1.165) is 35.9 Å². The van der Waals surface area contributed by atoms with Crippen LogP contribution in [-0.4, -0.2) is 22.3 Å². The van der Waals surface area contributed by atoms with Crippen LogP contribution in [0.3, 0.4) is 0 Å². The van der Waals surface area contributed by atoms with E-state index in [1.807, 2.05) is 31.6 Å². The Labute approximate surface area is 166 Å². The van der Waals surface area contributed by atoms with E-state index in [-0.39, 0.29) is 11.6 Å². The minimum atomic E-state index is -0.118. The Hall–Kier alpha value is -2.79. The molecule has 0 saturated carbocycles. The predicted octanol–water partition coefficient (Wildman–Crippen LogP) is 4.02. The van der Waals surface area contributed by atoms with E-state index in [2.05, 4.69) is 59.0 Å². The molecule has 4 rings (SSSR count). The summed E-state index contributed by atoms with van der Waals surface area (Å²) < 4.78 is 13.4. The van der Waals surface area contributed by atoms with Gasteiger partial charge < -0.3 is 14.0 Å². The van der Waals surface area contributed by atoms with E-state index < -0.39 is 0 Å². The second-order valence-electron chi connectivity index (χ2n) is 7.96. The number of aryl methyl sites for hydroxylation is 1. The summed E-state index contributed by atoms with van der Waals surface area (Å²) in [4.78, 5) is 4.57. The molecule has 2 aromatic carbocycles. The zero-order valence-corrected chi connectivity index (χ0v) is 16.9. The number of nitrogens with zero attached hydrogens (tertiary/aromatic N) is 2. The van der Waals surface area contributed by atoms with Crippen molar-refractivity contribution in [2.75, 3.05) is 7.11 Å². The molecule has 146 valence electrons. The molecule has 5 nitrogen and oxygen atoms in total. The zero-order chi connectivity index (χ0) is 19.7. The van der Waals surface area contributed by atoms with Crippen LogP contribution in [0.1, 0.15) is 42.4 Å². The topological polar surface area (TPSA) is 48.3 Å². The third-order valence-electron chi connectivity index (χ3n) is 5.20. The van der Waals surface area contributed by atoms with Gasteiger partial charge in [-0.1, -0.05) is 24.3 Å². The maximum absolute atomic E-state index is 6.00. The van der Waals surface area contributed by atoms with Gasteiger partial charge in [0.05, 0.1) is 13.2 Å². The number of rotatable bonds is 6. The minimum Gasteiger partial charge on any atom is -0.497 e. The van der Waals surface area contributed by atoms with Gasteiger partial charge in [0.1, 0.15) is 22.9 Å². The number of nitrogens with one attached hydrogen (secondary N) is 1. The average molecular weight is 377 g/mol. The number of fused-ring (bicyclic) bond motifs is 1. The summed E-state index contributed by atoms with van der Waals surface area (Å²) in [7, 11) is 3.71. The van der Waals surface area contributed by atoms with Gasteiger partial charge in [0.15, 0.2) is 0 Å². The Morgan fingerprint density at radius 2 is 2.00 bits per heavy atom. The van der Waals surface area contributed by atoms with Crippen LogP contribution in [0.25, 0.3) is 0 Å². The van der Waals surface area contributed by atoms with Crippen LogP contribution in [-0.2, 0) is 20.0 Å². The number of hydrogen-bond donors (Lipinski definition) is 1. The van der Waals surface area contributed by atoms with E-state index in [9.17, 15) is 0 Å². The average Bonchev–Trinajstić information content (AvgIpc) is 3.23. The fourth-order valence-corrected chi connectivity index (χ4v) is 3.80. The molecule has 0 radical (unpaired) electrons. The Bertz CT molecular complexity index is 960. The molecule has 1 aliphatic rings. The van der Waals surface area contributed by atoms with E-state index in [0.29, 0.717) is 0 Å². The van der Waals surface area contributed by atoms with Crippen molar-refractivity contribution in [1.29, 1.82) is 0 Å². The van der Waals surface area contributed by atoms with Crippen LogP contribution in [0.15, 0.2) is 54.9 Å². The Balaban J connectivity index is 1.56. The lowest BCUT2D eigenvalue weighted by molar-refractivity contribution is 0.138. The van der Waals surface area contributed by atoms with Gasteiger partial charge in [-0.15, -0.1) is 0 Å². The van der Waals surface area contributed by atoms with Crippen molar-refractivity contribution in [3.05, 3.63) is 77.4 Å². The van der Waals surface area contributed by atoms with Gasteiger partial charge in [0, 0.05) is 32.4 Å². The second-order valence-corrected chi connectivity index (χ2v) is 7.96. The first kappa shape index (κ1) is 18.6. The van der Waals surface area contributed by atoms with Crippen LogP contribution >= 0.6 is 0 Å². The SMILES string of the molecule is COc1ccc(C(NCc2ccc3c(c2)CC(C)(C)O3)c2nccn2C)cc1. The molecule has 0 saturated heterocycles. The normalized spacial score (nSPS) is 15.7. The first-order chi connectivity index (χ1) is 13.4. The van der Waals surface area contributed by atoms with Crippen molar-refractivity contribution in [2.24, 2.45) is 7.05 Å². The summed E-state index contributed by atoms with van der Waals surface area (Å²) in [5.74, 6) is 2.84. The molecule has 0 bridgehead atoms. The van der Waals surface area contributed by atoms with Crippen LogP contribution in [0.5, 0.6) is 11.5 Å². The first-order valence-electron chi connectivity index (χ1n) is 9.60. The van der Waals surface area contributed by atoms with Gasteiger partial charge in [0.2, 0.25) is 0 Å². The number of aromatic nitrogens is 2. The van der Waals surface area contributed by atoms with E-state index in [4.69, 9.17) is 9.47 Å². The Morgan fingerprint density at radius 3 is 2.68 bits per heavy atom. The van der Waals surface area contributed by atoms with Gasteiger partial charge >= 0.3 is 0 Å². The third-order valence-corrected chi connectivity index (χ3v) is 5.20. The van der Waals surface area contributed by atoms with Gasteiger partial charge in [-0.05, 0) is 48.7 Å². The molecule has 0 aliphatic carbocycles. The molecule has 1 atom stereocenters. The monoisotopic (exact) mass is 377 g/mol. The summed E-state index contributed by atoms with van der Waals surface area (Å²) in [5, 5.41) is 3.68. The maximum atomic E-state index is 6.00. The number of benzene rings is 2. The largest absolute Gasteiger partial charge is 0.497 e. The van der Waals surface area contributed by atoms with Crippen molar-refractivity contribution >= 4 is 0 Å². The van der Waals surface area contributed by atoms with Crippen molar-refractivity contribution in [3.63, 3.8) is 0 Å². The lowest BCUT2D eigenvalue weighted by atomic mass is 10.00. The lowest BCUT2D eigenvalue weighted by Crippen LogP contribution is -2.25. The highest BCUT2D eigenvalue weighted by Crippen LogP contribution is 2.35. The smallest absolute Gasteiger partial charge is 0.130 e. The molecule has 1 aromatic heterocycles. The molecule has 2 heterocycles. The Morgan fingerprint density at radius 1 is 1.21 bits per heavy atom. The van der Waals surface area contributed by atoms with Crippen molar-refractivity contribution < 1.29 is 9.47 Å². The molecule has 1 N–H and O–H groups in total. The minimum absolute atomic E-state index is 0.00754. The van der Waals surface area contributed by atoms with Gasteiger partial charge in [-0.3, -0.25) is 5.32 Å². The molecule has 1 unspecified atom stereocenters. The standard InChI is InChI=1S/C23H27N3O2/c1-23(2)14-18-13-16(5-10-20(18)28-23)15-25-21(22-24-11-12-26(22)3)17-6-8-19(27-4)9-7-17/h5-13,21,25H,14-15H2,1-4H3. The number of methoxy groups -OCH3 is 1.